The molecule has 2 N–H and O–H groups in total. The minimum absolute atomic E-state index is 0.0166. The third kappa shape index (κ3) is 16.1. The number of anilines is 3. The van der Waals surface area contributed by atoms with E-state index in [0.717, 1.165) is 93.7 Å². The molecular formula is C99H72F12N4O10. The maximum absolute atomic E-state index is 14.9. The fourth-order valence-electron chi connectivity index (χ4n) is 16.2. The first-order valence-electron chi connectivity index (χ1n) is 39.0. The Labute approximate surface area is 707 Å². The van der Waals surface area contributed by atoms with Gasteiger partial charge in [0.25, 0.3) is 35.4 Å². The van der Waals surface area contributed by atoms with Crippen molar-refractivity contribution in [1.29, 1.82) is 0 Å². The standard InChI is InChI=1S/C36H25F6NO4.C33H22F3NO4.C30H25F3N2O2/c1-17-5-9-23(18(2)13-17)24-12-8-22(16-29(24)35(37,38)39)43-32(46)26-11-7-21(15-28(26)33(43)47)34(4,36(40,41)42)20-6-10-25-27(14-20)31(45)19(3)30(25)44;1-16-4-8-22(17(2)12-16)23-11-7-21(15-28(23)33(34,35)36)37-31(40)25-10-6-20(14-27(25)32(37)41)19-5-9-24-26(13-19)30(39)18(3)29(24)38;1-18-4-14-25(19(2)16-18)26-15-13-24(17-27(26)30(31,32)33)35-29(37)23-11-7-21(8-12-23)20-5-9-22(10-6-20)28(36)34-3/h5-16,19H,1-4H3;4-15,18H,1-3H3;4-17H,1-3H3,(H,34,36)(H,35,37). The number of carbonyl (C=O) groups is 10. The van der Waals surface area contributed by atoms with Crippen LogP contribution in [0.4, 0.5) is 69.7 Å². The van der Waals surface area contributed by atoms with Crippen molar-refractivity contribution < 1.29 is 101 Å². The van der Waals surface area contributed by atoms with Crippen molar-refractivity contribution in [1.82, 2.24) is 5.32 Å². The molecule has 16 rings (SSSR count). The van der Waals surface area contributed by atoms with Crippen LogP contribution in [0.5, 0.6) is 0 Å². The maximum atomic E-state index is 14.9. The molecule has 0 aromatic heterocycles. The molecule has 12 aromatic carbocycles. The number of imide groups is 2. The average Bonchev–Trinajstić information content (AvgIpc) is 1.69. The van der Waals surface area contributed by atoms with Gasteiger partial charge in [0.2, 0.25) is 0 Å². The number of amides is 6. The molecule has 125 heavy (non-hydrogen) atoms. The third-order valence-electron chi connectivity index (χ3n) is 23.1. The van der Waals surface area contributed by atoms with Crippen LogP contribution in [0.2, 0.25) is 0 Å². The molecule has 2 aliphatic carbocycles. The molecule has 0 radical (unpaired) electrons. The predicted octanol–water partition coefficient (Wildman–Crippen LogP) is 23.4. The van der Waals surface area contributed by atoms with Crippen LogP contribution in [-0.2, 0) is 23.9 Å². The molecule has 4 aliphatic rings. The molecule has 0 spiro atoms. The molecular weight excluding hydrogens is 1630 g/mol. The van der Waals surface area contributed by atoms with Crippen molar-refractivity contribution >= 4 is 75.6 Å². The highest BCUT2D eigenvalue weighted by Gasteiger charge is 2.55. The minimum Gasteiger partial charge on any atom is -0.355 e. The van der Waals surface area contributed by atoms with Gasteiger partial charge in [-0.05, 0) is 243 Å². The van der Waals surface area contributed by atoms with Gasteiger partial charge in [0.1, 0.15) is 5.41 Å². The lowest BCUT2D eigenvalue weighted by Gasteiger charge is -2.33. The number of ketones is 4. The van der Waals surface area contributed by atoms with Gasteiger partial charge >= 0.3 is 24.7 Å². The second-order valence-corrected chi connectivity index (χ2v) is 31.3. The normalized spacial score (nSPS) is 15.3. The van der Waals surface area contributed by atoms with Gasteiger partial charge in [-0.1, -0.05) is 150 Å². The van der Waals surface area contributed by atoms with Crippen molar-refractivity contribution in [2.75, 3.05) is 22.2 Å². The van der Waals surface area contributed by atoms with Crippen LogP contribution in [0.3, 0.4) is 0 Å². The molecule has 0 saturated heterocycles. The molecule has 0 fully saturated rings. The van der Waals surface area contributed by atoms with Crippen molar-refractivity contribution in [2.24, 2.45) is 11.8 Å². The van der Waals surface area contributed by atoms with Gasteiger partial charge in [-0.15, -0.1) is 0 Å². The Hall–Kier alpha value is -14.3. The zero-order valence-corrected chi connectivity index (χ0v) is 68.1. The number of rotatable bonds is 12. The zero-order valence-electron chi connectivity index (χ0n) is 68.1. The second-order valence-electron chi connectivity index (χ2n) is 31.3. The number of carbonyl (C=O) groups excluding carboxylic acids is 10. The van der Waals surface area contributed by atoms with Gasteiger partial charge in [0.15, 0.2) is 23.1 Å². The molecule has 2 aliphatic heterocycles. The summed E-state index contributed by atoms with van der Waals surface area (Å²) in [6.07, 6.45) is -19.2. The van der Waals surface area contributed by atoms with E-state index in [9.17, 15) is 101 Å². The first kappa shape index (κ1) is 87.1. The van der Waals surface area contributed by atoms with Crippen LogP contribution in [0.25, 0.3) is 55.6 Å². The molecule has 12 aromatic rings. The van der Waals surface area contributed by atoms with E-state index in [-0.39, 0.29) is 78.9 Å². The monoisotopic (exact) mass is 1700 g/mol. The van der Waals surface area contributed by atoms with Crippen LogP contribution >= 0.6 is 0 Å². The van der Waals surface area contributed by atoms with Crippen molar-refractivity contribution in [3.8, 4) is 55.6 Å². The predicted molar refractivity (Wildman–Crippen MR) is 447 cm³/mol. The lowest BCUT2D eigenvalue weighted by molar-refractivity contribution is -0.173. The maximum Gasteiger partial charge on any atom is 0.417 e. The summed E-state index contributed by atoms with van der Waals surface area (Å²) in [4.78, 5) is 129. The van der Waals surface area contributed by atoms with Crippen LogP contribution in [-0.4, -0.2) is 71.8 Å². The number of halogens is 12. The summed E-state index contributed by atoms with van der Waals surface area (Å²) in [7, 11) is 1.56. The minimum atomic E-state index is -4.98. The smallest absolute Gasteiger partial charge is 0.355 e. The van der Waals surface area contributed by atoms with Gasteiger partial charge in [0.05, 0.1) is 62.2 Å². The third-order valence-corrected chi connectivity index (χ3v) is 23.1. The summed E-state index contributed by atoms with van der Waals surface area (Å²) >= 11 is 0. The number of nitrogens with zero attached hydrogens (tertiary/aromatic N) is 2. The lowest BCUT2D eigenvalue weighted by atomic mass is 9.74. The van der Waals surface area contributed by atoms with Crippen LogP contribution in [0.1, 0.15) is 186 Å². The molecule has 0 bridgehead atoms. The quantitative estimate of drug-likeness (QED) is 0.0673. The SMILES string of the molecule is CNC(=O)c1ccc(-c2ccc(C(=O)Nc3ccc(-c4ccc(C)cc4C)c(C(F)(F)F)c3)cc2)cc1.Cc1ccc(-c2ccc(N3C(=O)c4ccc(-c5ccc6c(c5)C(=O)C(C)C6=O)cc4C3=O)cc2C(F)(F)F)c(C)c1.Cc1ccc(-c2ccc(N3C(=O)c4ccc(C(C)(c5ccc6c(c5)C(=O)C(C)C6=O)C(F)(F)F)cc4C3=O)cc2C(F)(F)F)c(C)c1. The van der Waals surface area contributed by atoms with Crippen LogP contribution < -0.4 is 20.4 Å². The van der Waals surface area contributed by atoms with Crippen LogP contribution in [0.15, 0.2) is 231 Å². The van der Waals surface area contributed by atoms with E-state index < -0.39 is 117 Å². The van der Waals surface area contributed by atoms with Gasteiger partial charge in [-0.25, -0.2) is 9.80 Å². The molecule has 3 unspecified atom stereocenters. The molecule has 14 nitrogen and oxygen atoms in total. The number of Topliss-reactive ketones (excluding diaryl/α,β-unsaturated/α-hetero) is 4. The number of hydrogen-bond acceptors (Lipinski definition) is 10. The Kier molecular flexibility index (Phi) is 22.6. The zero-order chi connectivity index (χ0) is 90.5. The average molecular weight is 1710 g/mol. The van der Waals surface area contributed by atoms with E-state index in [2.05, 4.69) is 10.6 Å². The Morgan fingerprint density at radius 1 is 0.304 bits per heavy atom. The van der Waals surface area contributed by atoms with E-state index in [1.165, 1.54) is 55.5 Å². The number of benzene rings is 12. The number of nitrogens with one attached hydrogen (secondary N) is 2. The Balaban J connectivity index is 0.000000154. The summed E-state index contributed by atoms with van der Waals surface area (Å²) in [6, 6.07) is 55.0. The second kappa shape index (κ2) is 32.5. The number of aryl methyl sites for hydroxylation is 6. The molecule has 3 atom stereocenters. The van der Waals surface area contributed by atoms with E-state index >= 15 is 0 Å². The molecule has 0 saturated carbocycles. The molecule has 632 valence electrons. The van der Waals surface area contributed by atoms with E-state index in [4.69, 9.17) is 0 Å². The summed E-state index contributed by atoms with van der Waals surface area (Å²) in [5, 5.41) is 5.14. The van der Waals surface area contributed by atoms with Gasteiger partial charge in [-0.3, -0.25) is 47.9 Å². The Morgan fingerprint density at radius 3 is 1.00 bits per heavy atom. The van der Waals surface area contributed by atoms with Crippen LogP contribution in [0, 0.1) is 53.4 Å². The Morgan fingerprint density at radius 2 is 0.608 bits per heavy atom. The van der Waals surface area contributed by atoms with Crippen molar-refractivity contribution in [3.63, 3.8) is 0 Å². The molecule has 6 amide bonds. The topological polar surface area (TPSA) is 201 Å². The highest BCUT2D eigenvalue weighted by Crippen LogP contribution is 2.51. The highest BCUT2D eigenvalue weighted by atomic mass is 19.4. The van der Waals surface area contributed by atoms with E-state index in [1.54, 1.807) is 163 Å². The summed E-state index contributed by atoms with van der Waals surface area (Å²) in [5.41, 5.74) is 2.30. The largest absolute Gasteiger partial charge is 0.417 e. The first-order valence-corrected chi connectivity index (χ1v) is 39.0. The highest BCUT2D eigenvalue weighted by molar-refractivity contribution is 6.36. The number of hydrogen-bond donors (Lipinski definition) is 2. The molecule has 2 heterocycles. The number of alkyl halides is 12. The fourth-order valence-corrected chi connectivity index (χ4v) is 16.2. The lowest BCUT2D eigenvalue weighted by Crippen LogP contribution is -2.41. The summed E-state index contributed by atoms with van der Waals surface area (Å²) in [6.45, 7) is 14.5. The van der Waals surface area contributed by atoms with E-state index in [1.807, 2.05) is 19.9 Å². The molecule has 26 heteroatoms. The van der Waals surface area contributed by atoms with Gasteiger partial charge < -0.3 is 10.6 Å². The summed E-state index contributed by atoms with van der Waals surface area (Å²) in [5.74, 6) is -7.68. The van der Waals surface area contributed by atoms with Gasteiger partial charge in [-0.2, -0.15) is 52.7 Å². The van der Waals surface area contributed by atoms with Crippen molar-refractivity contribution in [2.45, 2.75) is 92.4 Å². The van der Waals surface area contributed by atoms with Crippen molar-refractivity contribution in [3.05, 3.63) is 347 Å². The fraction of sp³-hybridized carbons (Fsp3) is 0.172. The Bertz CT molecular complexity index is 6620. The van der Waals surface area contributed by atoms with E-state index in [0.29, 0.717) is 72.2 Å². The van der Waals surface area contributed by atoms with Gasteiger partial charge in [0, 0.05) is 46.1 Å². The summed E-state index contributed by atoms with van der Waals surface area (Å²) < 4.78 is 172. The first-order chi connectivity index (χ1) is 58.8. The number of fused-ring (bicyclic) bond motifs is 4.